The third kappa shape index (κ3) is 5.56. The van der Waals surface area contributed by atoms with Crippen molar-refractivity contribution in [3.8, 4) is 11.8 Å². The van der Waals surface area contributed by atoms with E-state index < -0.39 is 5.92 Å². The van der Waals surface area contributed by atoms with Crippen molar-refractivity contribution >= 4 is 34.7 Å². The molecule has 0 spiro atoms. The van der Waals surface area contributed by atoms with Crippen molar-refractivity contribution in [2.75, 3.05) is 18.2 Å². The smallest absolute Gasteiger partial charge is 0.254 e. The number of hydrogen-bond acceptors (Lipinski definition) is 6. The molecule has 0 saturated heterocycles. The van der Waals surface area contributed by atoms with E-state index >= 15 is 0 Å². The van der Waals surface area contributed by atoms with Crippen molar-refractivity contribution in [1.29, 1.82) is 5.26 Å². The first-order valence-electron chi connectivity index (χ1n) is 10.8. The summed E-state index contributed by atoms with van der Waals surface area (Å²) in [5, 5.41) is 19.3. The lowest BCUT2D eigenvalue weighted by atomic mass is 9.86. The molecule has 0 saturated carbocycles. The molecule has 0 fully saturated rings. The molecule has 1 aliphatic rings. The van der Waals surface area contributed by atoms with Gasteiger partial charge in [-0.05, 0) is 42.7 Å². The van der Waals surface area contributed by atoms with Crippen LogP contribution in [0.3, 0.4) is 0 Å². The molecule has 1 aliphatic heterocycles. The van der Waals surface area contributed by atoms with Gasteiger partial charge in [-0.3, -0.25) is 4.79 Å². The normalized spacial score (nSPS) is 15.9. The largest absolute Gasteiger partial charge is 0.495 e. The van der Waals surface area contributed by atoms with Gasteiger partial charge in [0.15, 0.2) is 0 Å². The van der Waals surface area contributed by atoms with E-state index in [4.69, 9.17) is 4.74 Å². The van der Waals surface area contributed by atoms with E-state index in [1.54, 1.807) is 36.3 Å². The monoisotopic (exact) mass is 467 g/mol. The molecule has 1 aromatic carbocycles. The number of nitrogens with zero attached hydrogens (tertiary/aromatic N) is 1. The zero-order valence-corrected chi connectivity index (χ0v) is 20.4. The molecule has 168 valence electrons. The molecule has 1 aromatic heterocycles. The van der Waals surface area contributed by atoms with Crippen molar-refractivity contribution in [1.82, 2.24) is 5.32 Å². The Hall–Kier alpha value is -2.69. The van der Waals surface area contributed by atoms with Crippen LogP contribution in [0.2, 0.25) is 0 Å². The van der Waals surface area contributed by atoms with Crippen LogP contribution in [0.15, 0.2) is 63.7 Å². The molecule has 0 aliphatic carbocycles. The van der Waals surface area contributed by atoms with E-state index in [9.17, 15) is 10.1 Å². The number of amides is 1. The fraction of sp³-hybridized carbons (Fsp3) is 0.360. The molecule has 1 unspecified atom stereocenters. The molecule has 5 nitrogen and oxygen atoms in total. The summed E-state index contributed by atoms with van der Waals surface area (Å²) in [4.78, 5) is 14.4. The number of hydrogen-bond donors (Lipinski definition) is 2. The molecule has 2 heterocycles. The van der Waals surface area contributed by atoms with Crippen LogP contribution in [0, 0.1) is 11.3 Å². The third-order valence-corrected chi connectivity index (χ3v) is 7.36. The van der Waals surface area contributed by atoms with Crippen molar-refractivity contribution in [2.45, 2.75) is 45.4 Å². The second-order valence-electron chi connectivity index (χ2n) is 7.53. The number of thioether (sulfide) groups is 1. The van der Waals surface area contributed by atoms with Crippen molar-refractivity contribution < 1.29 is 9.53 Å². The Kier molecular flexibility index (Phi) is 8.83. The maximum Gasteiger partial charge on any atom is 0.254 e. The van der Waals surface area contributed by atoms with Crippen LogP contribution in [0.4, 0.5) is 5.69 Å². The molecular weight excluding hydrogens is 438 g/mol. The number of carbonyl (C=O) groups is 1. The Morgan fingerprint density at radius 3 is 2.75 bits per heavy atom. The summed E-state index contributed by atoms with van der Waals surface area (Å²) >= 11 is 3.24. The van der Waals surface area contributed by atoms with Crippen LogP contribution in [0.5, 0.6) is 5.75 Å². The zero-order valence-electron chi connectivity index (χ0n) is 18.7. The number of rotatable bonds is 10. The molecule has 1 atom stereocenters. The van der Waals surface area contributed by atoms with Gasteiger partial charge in [0.25, 0.3) is 5.91 Å². The number of methoxy groups -OCH3 is 1. The number of allylic oxidation sites excluding steroid dienone is 2. The second kappa shape index (κ2) is 11.8. The van der Waals surface area contributed by atoms with Gasteiger partial charge in [0.2, 0.25) is 0 Å². The van der Waals surface area contributed by atoms with Crippen LogP contribution in [0.25, 0.3) is 0 Å². The third-order valence-electron chi connectivity index (χ3n) is 5.32. The predicted molar refractivity (Wildman–Crippen MR) is 134 cm³/mol. The summed E-state index contributed by atoms with van der Waals surface area (Å²) in [5.41, 5.74) is 2.53. The molecule has 3 rings (SSSR count). The molecule has 7 heteroatoms. The number of para-hydroxylation sites is 2. The molecule has 2 N–H and O–H groups in total. The summed E-state index contributed by atoms with van der Waals surface area (Å²) in [6.45, 7) is 4.10. The first-order valence-corrected chi connectivity index (χ1v) is 12.7. The number of nitriles is 1. The second-order valence-corrected chi connectivity index (χ2v) is 9.61. The minimum atomic E-state index is -0.394. The molecular formula is C25H29N3O2S2. The van der Waals surface area contributed by atoms with Gasteiger partial charge in [0.05, 0.1) is 35.4 Å². The first-order chi connectivity index (χ1) is 15.6. The highest BCUT2D eigenvalue weighted by Crippen LogP contribution is 2.42. The number of ether oxygens (including phenoxy) is 1. The number of benzene rings is 1. The lowest BCUT2D eigenvalue weighted by Crippen LogP contribution is -2.30. The molecule has 2 aromatic rings. The van der Waals surface area contributed by atoms with Gasteiger partial charge < -0.3 is 15.4 Å². The molecule has 1 amide bonds. The van der Waals surface area contributed by atoms with Crippen molar-refractivity contribution in [3.63, 3.8) is 0 Å². The highest BCUT2D eigenvalue weighted by molar-refractivity contribution is 8.03. The Labute approximate surface area is 198 Å². The average molecular weight is 468 g/mol. The Bertz CT molecular complexity index is 1040. The molecule has 0 radical (unpaired) electrons. The zero-order chi connectivity index (χ0) is 22.9. The number of dihydropyridines is 1. The summed E-state index contributed by atoms with van der Waals surface area (Å²) in [6.07, 6.45) is 4.72. The number of nitrogens with one attached hydrogen (secondary N) is 2. The summed E-state index contributed by atoms with van der Waals surface area (Å²) < 4.78 is 5.38. The van der Waals surface area contributed by atoms with E-state index in [1.165, 1.54) is 19.3 Å². The van der Waals surface area contributed by atoms with Crippen LogP contribution in [-0.4, -0.2) is 18.8 Å². The Morgan fingerprint density at radius 2 is 2.06 bits per heavy atom. The molecule has 32 heavy (non-hydrogen) atoms. The van der Waals surface area contributed by atoms with Crippen LogP contribution >= 0.6 is 23.1 Å². The van der Waals surface area contributed by atoms with Gasteiger partial charge in [0, 0.05) is 16.1 Å². The van der Waals surface area contributed by atoms with Gasteiger partial charge >= 0.3 is 0 Å². The maximum atomic E-state index is 13.5. The van der Waals surface area contributed by atoms with E-state index in [0.717, 1.165) is 27.8 Å². The van der Waals surface area contributed by atoms with E-state index in [0.29, 0.717) is 22.6 Å². The van der Waals surface area contributed by atoms with E-state index in [2.05, 4.69) is 23.6 Å². The van der Waals surface area contributed by atoms with Crippen molar-refractivity contribution in [2.24, 2.45) is 0 Å². The average Bonchev–Trinajstić information content (AvgIpc) is 3.33. The summed E-state index contributed by atoms with van der Waals surface area (Å²) in [7, 11) is 1.58. The highest BCUT2D eigenvalue weighted by Gasteiger charge is 2.35. The van der Waals surface area contributed by atoms with Gasteiger partial charge in [0.1, 0.15) is 5.75 Å². The van der Waals surface area contributed by atoms with Crippen LogP contribution in [0.1, 0.15) is 50.3 Å². The SMILES string of the molecule is CCCCCCSC1=C(C#N)C(c2cccs2)C(C(=O)Nc2ccccc2OC)=C(C)N1. The first kappa shape index (κ1) is 24.0. The topological polar surface area (TPSA) is 74.2 Å². The molecule has 0 bridgehead atoms. The quantitative estimate of drug-likeness (QED) is 0.395. The highest BCUT2D eigenvalue weighted by atomic mass is 32.2. The van der Waals surface area contributed by atoms with Gasteiger partial charge in [-0.25, -0.2) is 0 Å². The van der Waals surface area contributed by atoms with Crippen LogP contribution in [-0.2, 0) is 4.79 Å². The van der Waals surface area contributed by atoms with Gasteiger partial charge in [-0.1, -0.05) is 44.4 Å². The number of carbonyl (C=O) groups excluding carboxylic acids is 1. The number of unbranched alkanes of at least 4 members (excludes halogenated alkanes) is 3. The van der Waals surface area contributed by atoms with E-state index in [-0.39, 0.29) is 5.91 Å². The lowest BCUT2D eigenvalue weighted by molar-refractivity contribution is -0.113. The summed E-state index contributed by atoms with van der Waals surface area (Å²) in [5.74, 6) is 0.905. The Balaban J connectivity index is 1.91. The van der Waals surface area contributed by atoms with Gasteiger partial charge in [-0.15, -0.1) is 23.1 Å². The minimum absolute atomic E-state index is 0.238. The van der Waals surface area contributed by atoms with Crippen molar-refractivity contribution in [3.05, 3.63) is 68.5 Å². The van der Waals surface area contributed by atoms with E-state index in [1.807, 2.05) is 42.6 Å². The predicted octanol–water partition coefficient (Wildman–Crippen LogP) is 6.40. The summed E-state index contributed by atoms with van der Waals surface area (Å²) in [6, 6.07) is 13.7. The number of thiophene rings is 1. The maximum absolute atomic E-state index is 13.5. The fourth-order valence-electron chi connectivity index (χ4n) is 3.71. The van der Waals surface area contributed by atoms with Gasteiger partial charge in [-0.2, -0.15) is 5.26 Å². The van der Waals surface area contributed by atoms with Crippen LogP contribution < -0.4 is 15.4 Å². The fourth-order valence-corrected chi connectivity index (χ4v) is 5.65. The standard InChI is InChI=1S/C25H29N3O2S2/c1-4-5-6-9-14-32-25-18(16-26)23(21-13-10-15-31-21)22(17(2)27-25)24(29)28-19-11-7-8-12-20(19)30-3/h7-8,10-13,15,23,27H,4-6,9,14H2,1-3H3,(H,28,29). The lowest BCUT2D eigenvalue weighted by Gasteiger charge is -2.29. The minimum Gasteiger partial charge on any atom is -0.495 e. The Morgan fingerprint density at radius 1 is 1.25 bits per heavy atom. The number of anilines is 1.